The lowest BCUT2D eigenvalue weighted by molar-refractivity contribution is -0.133. The quantitative estimate of drug-likeness (QED) is 0.614. The molecule has 0 aliphatic carbocycles. The molecule has 0 radical (unpaired) electrons. The van der Waals surface area contributed by atoms with Gasteiger partial charge in [-0.15, -0.1) is 0 Å². The number of nitrogens with zero attached hydrogens (tertiary/aromatic N) is 2. The molecule has 0 atom stereocenters. The van der Waals surface area contributed by atoms with Gasteiger partial charge in [0.05, 0.1) is 6.54 Å². The number of nitrogens with one attached hydrogen (secondary N) is 1. The van der Waals surface area contributed by atoms with Gasteiger partial charge in [-0.1, -0.05) is 27.7 Å². The maximum absolute atomic E-state index is 12.3. The molecule has 0 fully saturated rings. The first-order chi connectivity index (χ1) is 8.86. The largest absolute Gasteiger partial charge is 0.341 e. The molecule has 4 nitrogen and oxygen atoms in total. The van der Waals surface area contributed by atoms with Gasteiger partial charge in [0.15, 0.2) is 0 Å². The normalized spacial score (nSPS) is 11.6. The summed E-state index contributed by atoms with van der Waals surface area (Å²) in [4.78, 5) is 16.5. The summed E-state index contributed by atoms with van der Waals surface area (Å²) < 4.78 is 0. The average Bonchev–Trinajstić information content (AvgIpc) is 2.27. The summed E-state index contributed by atoms with van der Waals surface area (Å²) in [6.45, 7) is 12.9. The molecule has 0 aliphatic rings. The summed E-state index contributed by atoms with van der Waals surface area (Å²) in [5, 5.41) is 3.13. The third kappa shape index (κ3) is 9.91. The summed E-state index contributed by atoms with van der Waals surface area (Å²) in [6, 6.07) is 0. The zero-order chi connectivity index (χ0) is 14.8. The highest BCUT2D eigenvalue weighted by Crippen LogP contribution is 2.05. The Morgan fingerprint density at radius 2 is 1.63 bits per heavy atom. The summed E-state index contributed by atoms with van der Waals surface area (Å²) in [6.07, 6.45) is 1.08. The summed E-state index contributed by atoms with van der Waals surface area (Å²) >= 11 is 0. The third-order valence-electron chi connectivity index (χ3n) is 2.90. The van der Waals surface area contributed by atoms with E-state index in [1.54, 1.807) is 0 Å². The zero-order valence-electron chi connectivity index (χ0n) is 13.7. The molecule has 0 heterocycles. The van der Waals surface area contributed by atoms with Crippen LogP contribution in [0.1, 0.15) is 34.1 Å². The molecule has 0 unspecified atom stereocenters. The van der Waals surface area contributed by atoms with E-state index in [1.165, 1.54) is 0 Å². The van der Waals surface area contributed by atoms with E-state index in [9.17, 15) is 4.79 Å². The Morgan fingerprint density at radius 1 is 1.11 bits per heavy atom. The molecule has 19 heavy (non-hydrogen) atoms. The van der Waals surface area contributed by atoms with Gasteiger partial charge < -0.3 is 10.2 Å². The highest BCUT2D eigenvalue weighted by atomic mass is 16.2. The number of amides is 1. The second-order valence-corrected chi connectivity index (χ2v) is 6.28. The van der Waals surface area contributed by atoms with Crippen molar-refractivity contribution in [1.82, 2.24) is 15.1 Å². The van der Waals surface area contributed by atoms with E-state index in [-0.39, 0.29) is 5.91 Å². The SMILES string of the molecule is CNCCCN(C)CC(=O)N(CC(C)C)CC(C)C. The minimum Gasteiger partial charge on any atom is -0.341 e. The Kier molecular flexibility index (Phi) is 9.88. The average molecular weight is 271 g/mol. The molecule has 4 heteroatoms. The van der Waals surface area contributed by atoms with Crippen LogP contribution in [-0.4, -0.2) is 62.5 Å². The number of likely N-dealkylation sites (N-methyl/N-ethyl adjacent to an activating group) is 1. The van der Waals surface area contributed by atoms with E-state index in [0.717, 1.165) is 32.6 Å². The van der Waals surface area contributed by atoms with E-state index in [4.69, 9.17) is 0 Å². The molecule has 0 rings (SSSR count). The molecule has 0 aromatic rings. The number of hydrogen-bond acceptors (Lipinski definition) is 3. The van der Waals surface area contributed by atoms with Crippen LogP contribution in [0.25, 0.3) is 0 Å². The second-order valence-electron chi connectivity index (χ2n) is 6.28. The maximum Gasteiger partial charge on any atom is 0.236 e. The Bertz CT molecular complexity index is 232. The van der Waals surface area contributed by atoms with Crippen LogP contribution in [0.3, 0.4) is 0 Å². The van der Waals surface area contributed by atoms with Crippen molar-refractivity contribution in [3.63, 3.8) is 0 Å². The summed E-state index contributed by atoms with van der Waals surface area (Å²) in [5.74, 6) is 1.31. The lowest BCUT2D eigenvalue weighted by Crippen LogP contribution is -2.43. The predicted octanol–water partition coefficient (Wildman–Crippen LogP) is 1.67. The van der Waals surface area contributed by atoms with Crippen molar-refractivity contribution in [2.75, 3.05) is 46.8 Å². The third-order valence-corrected chi connectivity index (χ3v) is 2.90. The van der Waals surface area contributed by atoms with Crippen molar-refractivity contribution in [3.8, 4) is 0 Å². The number of hydrogen-bond donors (Lipinski definition) is 1. The molecule has 114 valence electrons. The molecule has 0 aliphatic heterocycles. The van der Waals surface area contributed by atoms with Gasteiger partial charge in [-0.2, -0.15) is 0 Å². The van der Waals surface area contributed by atoms with Gasteiger partial charge in [-0.3, -0.25) is 9.69 Å². The van der Waals surface area contributed by atoms with Crippen molar-refractivity contribution in [2.45, 2.75) is 34.1 Å². The molecule has 0 saturated carbocycles. The van der Waals surface area contributed by atoms with Gasteiger partial charge in [-0.25, -0.2) is 0 Å². The van der Waals surface area contributed by atoms with Crippen LogP contribution in [0, 0.1) is 11.8 Å². The van der Waals surface area contributed by atoms with Crippen molar-refractivity contribution in [3.05, 3.63) is 0 Å². The van der Waals surface area contributed by atoms with Crippen LogP contribution < -0.4 is 5.32 Å². The zero-order valence-corrected chi connectivity index (χ0v) is 13.7. The highest BCUT2D eigenvalue weighted by Gasteiger charge is 2.17. The first-order valence-electron chi connectivity index (χ1n) is 7.47. The van der Waals surface area contributed by atoms with Crippen molar-refractivity contribution >= 4 is 5.91 Å². The van der Waals surface area contributed by atoms with Crippen LogP contribution >= 0.6 is 0 Å². The minimum atomic E-state index is 0.259. The van der Waals surface area contributed by atoms with E-state index in [1.807, 2.05) is 19.0 Å². The van der Waals surface area contributed by atoms with Crippen LogP contribution in [0.4, 0.5) is 0 Å². The fraction of sp³-hybridized carbons (Fsp3) is 0.933. The molecule has 0 aromatic heterocycles. The van der Waals surface area contributed by atoms with E-state index < -0.39 is 0 Å². The smallest absolute Gasteiger partial charge is 0.236 e. The topological polar surface area (TPSA) is 35.6 Å². The Hall–Kier alpha value is -0.610. The molecular weight excluding hydrogens is 238 g/mol. The number of rotatable bonds is 10. The van der Waals surface area contributed by atoms with Crippen LogP contribution in [0.2, 0.25) is 0 Å². The predicted molar refractivity (Wildman–Crippen MR) is 82.3 cm³/mol. The van der Waals surface area contributed by atoms with Gasteiger partial charge in [0.1, 0.15) is 0 Å². The van der Waals surface area contributed by atoms with Crippen molar-refractivity contribution in [2.24, 2.45) is 11.8 Å². The van der Waals surface area contributed by atoms with Gasteiger partial charge in [0, 0.05) is 13.1 Å². The molecule has 1 N–H and O–H groups in total. The standard InChI is InChI=1S/C15H33N3O/c1-13(2)10-18(11-14(3)4)15(19)12-17(6)9-7-8-16-5/h13-14,16H,7-12H2,1-6H3. The fourth-order valence-corrected chi connectivity index (χ4v) is 2.10. The Balaban J connectivity index is 4.21. The number of carbonyl (C=O) groups is 1. The van der Waals surface area contributed by atoms with Crippen LogP contribution in [-0.2, 0) is 4.79 Å². The maximum atomic E-state index is 12.3. The Morgan fingerprint density at radius 3 is 2.05 bits per heavy atom. The van der Waals surface area contributed by atoms with E-state index in [0.29, 0.717) is 18.4 Å². The fourth-order valence-electron chi connectivity index (χ4n) is 2.10. The second kappa shape index (κ2) is 10.2. The Labute approximate surface area is 119 Å². The lowest BCUT2D eigenvalue weighted by atomic mass is 10.1. The monoisotopic (exact) mass is 271 g/mol. The molecule has 0 saturated heterocycles. The highest BCUT2D eigenvalue weighted by molar-refractivity contribution is 5.78. The minimum absolute atomic E-state index is 0.259. The van der Waals surface area contributed by atoms with Crippen molar-refractivity contribution < 1.29 is 4.79 Å². The van der Waals surface area contributed by atoms with Gasteiger partial charge in [-0.05, 0) is 45.4 Å². The molecule has 0 bridgehead atoms. The van der Waals surface area contributed by atoms with Gasteiger partial charge in [0.25, 0.3) is 0 Å². The molecule has 1 amide bonds. The van der Waals surface area contributed by atoms with Crippen LogP contribution in [0.15, 0.2) is 0 Å². The number of carbonyl (C=O) groups excluding carboxylic acids is 1. The first kappa shape index (κ1) is 18.4. The van der Waals surface area contributed by atoms with E-state index in [2.05, 4.69) is 37.9 Å². The lowest BCUT2D eigenvalue weighted by Gasteiger charge is -2.28. The molecular formula is C15H33N3O. The first-order valence-corrected chi connectivity index (χ1v) is 7.47. The van der Waals surface area contributed by atoms with E-state index >= 15 is 0 Å². The summed E-state index contributed by atoms with van der Waals surface area (Å²) in [5.41, 5.74) is 0. The molecule has 0 spiro atoms. The molecule has 0 aromatic carbocycles. The van der Waals surface area contributed by atoms with Gasteiger partial charge in [0.2, 0.25) is 5.91 Å². The van der Waals surface area contributed by atoms with Crippen LogP contribution in [0.5, 0.6) is 0 Å². The van der Waals surface area contributed by atoms with Crippen molar-refractivity contribution in [1.29, 1.82) is 0 Å². The summed E-state index contributed by atoms with van der Waals surface area (Å²) in [7, 11) is 3.98. The van der Waals surface area contributed by atoms with Gasteiger partial charge >= 0.3 is 0 Å².